The van der Waals surface area contributed by atoms with E-state index in [1.807, 2.05) is 66.9 Å². The number of rotatable bonds is 4. The highest BCUT2D eigenvalue weighted by Crippen LogP contribution is 2.33. The zero-order valence-electron chi connectivity index (χ0n) is 16.8. The maximum absolute atomic E-state index is 13.6. The van der Waals surface area contributed by atoms with Crippen molar-refractivity contribution in [3.8, 4) is 39.5 Å². The molecule has 0 fully saturated rings. The van der Waals surface area contributed by atoms with Crippen LogP contribution in [0.1, 0.15) is 0 Å². The fourth-order valence-corrected chi connectivity index (χ4v) is 3.73. The lowest BCUT2D eigenvalue weighted by Crippen LogP contribution is -1.99. The third-order valence-corrected chi connectivity index (χ3v) is 5.54. The number of para-hydroxylation sites is 1. The van der Waals surface area contributed by atoms with Crippen molar-refractivity contribution in [1.29, 1.82) is 0 Å². The van der Waals surface area contributed by atoms with Gasteiger partial charge in [-0.1, -0.05) is 46.3 Å². The molecule has 0 atom stereocenters. The van der Waals surface area contributed by atoms with Crippen LogP contribution in [0.15, 0.2) is 95.6 Å². The number of nitrogens with two attached hydrogens (primary N) is 1. The van der Waals surface area contributed by atoms with E-state index in [0.29, 0.717) is 17.1 Å². The molecule has 7 heteroatoms. The van der Waals surface area contributed by atoms with Crippen molar-refractivity contribution >= 4 is 21.9 Å². The summed E-state index contributed by atoms with van der Waals surface area (Å²) in [4.78, 5) is 8.90. The summed E-state index contributed by atoms with van der Waals surface area (Å²) in [5.74, 6) is -0.139. The number of hydrogen-bond acceptors (Lipinski definition) is 4. The Bertz CT molecular complexity index is 1380. The average Bonchev–Trinajstić information content (AvgIpc) is 3.26. The molecule has 0 bridgehead atoms. The predicted molar refractivity (Wildman–Crippen MR) is 128 cm³/mol. The normalized spacial score (nSPS) is 10.9. The third kappa shape index (κ3) is 4.02. The van der Waals surface area contributed by atoms with Crippen molar-refractivity contribution in [2.24, 2.45) is 0 Å². The number of nitrogens with zero attached hydrogens (tertiary/aromatic N) is 4. The second kappa shape index (κ2) is 8.36. The van der Waals surface area contributed by atoms with Crippen LogP contribution in [0.4, 0.5) is 10.3 Å². The molecule has 0 saturated heterocycles. The Labute approximate surface area is 192 Å². The molecule has 3 aromatic carbocycles. The van der Waals surface area contributed by atoms with Crippen molar-refractivity contribution in [3.63, 3.8) is 0 Å². The van der Waals surface area contributed by atoms with Crippen LogP contribution in [0.3, 0.4) is 0 Å². The van der Waals surface area contributed by atoms with E-state index in [4.69, 9.17) is 10.8 Å². The quantitative estimate of drug-likeness (QED) is 0.331. The first-order valence-corrected chi connectivity index (χ1v) is 10.7. The Kier molecular flexibility index (Phi) is 5.25. The standard InChI is InChI=1S/C25H17BrFN5/c26-18-10-6-16(7-11-18)22-14-23(30-25(28)29-22)21-15-32(20-4-2-1-3-5-20)31-24(21)17-8-12-19(27)13-9-17/h1-15H,(H2,28,29,30). The first-order valence-electron chi connectivity index (χ1n) is 9.89. The molecule has 0 radical (unpaired) electrons. The summed E-state index contributed by atoms with van der Waals surface area (Å²) in [5.41, 5.74) is 11.5. The van der Waals surface area contributed by atoms with Crippen molar-refractivity contribution in [2.45, 2.75) is 0 Å². The molecule has 0 spiro atoms. The van der Waals surface area contributed by atoms with Crippen LogP contribution in [0.2, 0.25) is 0 Å². The van der Waals surface area contributed by atoms with E-state index in [2.05, 4.69) is 25.9 Å². The number of halogens is 2. The Balaban J connectivity index is 1.69. The number of hydrogen-bond donors (Lipinski definition) is 1. The van der Waals surface area contributed by atoms with Crippen LogP contribution < -0.4 is 5.73 Å². The zero-order chi connectivity index (χ0) is 22.1. The van der Waals surface area contributed by atoms with Gasteiger partial charge in [-0.05, 0) is 54.6 Å². The highest BCUT2D eigenvalue weighted by Gasteiger charge is 2.17. The molecular weight excluding hydrogens is 469 g/mol. The summed E-state index contributed by atoms with van der Waals surface area (Å²) in [6.07, 6.45) is 1.90. The minimum Gasteiger partial charge on any atom is -0.368 e. The van der Waals surface area contributed by atoms with Gasteiger partial charge in [0.2, 0.25) is 5.95 Å². The van der Waals surface area contributed by atoms with Crippen molar-refractivity contribution < 1.29 is 4.39 Å². The molecule has 0 amide bonds. The van der Waals surface area contributed by atoms with E-state index >= 15 is 0 Å². The largest absolute Gasteiger partial charge is 0.368 e. The lowest BCUT2D eigenvalue weighted by Gasteiger charge is -2.07. The van der Waals surface area contributed by atoms with E-state index < -0.39 is 0 Å². The lowest BCUT2D eigenvalue weighted by atomic mass is 10.0. The van der Waals surface area contributed by atoms with Gasteiger partial charge in [0, 0.05) is 27.4 Å². The van der Waals surface area contributed by atoms with Gasteiger partial charge in [-0.25, -0.2) is 19.0 Å². The second-order valence-corrected chi connectivity index (χ2v) is 8.10. The number of benzene rings is 3. The van der Waals surface area contributed by atoms with E-state index in [1.165, 1.54) is 12.1 Å². The molecule has 0 saturated carbocycles. The first kappa shape index (κ1) is 20.1. The minimum absolute atomic E-state index is 0.165. The van der Waals surface area contributed by atoms with Crippen molar-refractivity contribution in [1.82, 2.24) is 19.7 Å². The van der Waals surface area contributed by atoms with E-state index in [-0.39, 0.29) is 11.8 Å². The Hall–Kier alpha value is -3.84. The number of aromatic nitrogens is 4. The molecule has 5 rings (SSSR count). The topological polar surface area (TPSA) is 69.6 Å². The SMILES string of the molecule is Nc1nc(-c2ccc(Br)cc2)cc(-c2cn(-c3ccccc3)nc2-c2ccc(F)cc2)n1. The summed E-state index contributed by atoms with van der Waals surface area (Å²) in [6.45, 7) is 0. The van der Waals surface area contributed by atoms with Gasteiger partial charge in [-0.3, -0.25) is 0 Å². The molecule has 32 heavy (non-hydrogen) atoms. The van der Waals surface area contributed by atoms with Crippen LogP contribution in [0.5, 0.6) is 0 Å². The second-order valence-electron chi connectivity index (χ2n) is 7.18. The van der Waals surface area contributed by atoms with Crippen LogP contribution in [0, 0.1) is 5.82 Å². The van der Waals surface area contributed by atoms with E-state index in [1.54, 1.807) is 16.8 Å². The third-order valence-electron chi connectivity index (χ3n) is 5.01. The Morgan fingerprint density at radius 2 is 1.44 bits per heavy atom. The summed E-state index contributed by atoms with van der Waals surface area (Å²) >= 11 is 3.45. The first-order chi connectivity index (χ1) is 15.6. The summed E-state index contributed by atoms with van der Waals surface area (Å²) in [5, 5.41) is 4.79. The smallest absolute Gasteiger partial charge is 0.221 e. The van der Waals surface area contributed by atoms with Gasteiger partial charge in [0.15, 0.2) is 0 Å². The molecule has 156 valence electrons. The van der Waals surface area contributed by atoms with Gasteiger partial charge in [-0.2, -0.15) is 5.10 Å². The number of anilines is 1. The minimum atomic E-state index is -0.304. The van der Waals surface area contributed by atoms with Crippen LogP contribution in [0.25, 0.3) is 39.5 Å². The summed E-state index contributed by atoms with van der Waals surface area (Å²) in [6, 6.07) is 25.7. The summed E-state index contributed by atoms with van der Waals surface area (Å²) in [7, 11) is 0. The van der Waals surface area contributed by atoms with Gasteiger partial charge in [0.1, 0.15) is 11.5 Å². The van der Waals surface area contributed by atoms with Crippen LogP contribution in [-0.4, -0.2) is 19.7 Å². The number of nitrogen functional groups attached to an aromatic ring is 1. The van der Waals surface area contributed by atoms with E-state index in [0.717, 1.165) is 26.9 Å². The Morgan fingerprint density at radius 3 is 2.16 bits per heavy atom. The van der Waals surface area contributed by atoms with Crippen molar-refractivity contribution in [3.05, 3.63) is 101 Å². The molecule has 0 aliphatic heterocycles. The maximum Gasteiger partial charge on any atom is 0.221 e. The average molecular weight is 486 g/mol. The monoisotopic (exact) mass is 485 g/mol. The molecule has 0 unspecified atom stereocenters. The molecule has 0 aliphatic rings. The van der Waals surface area contributed by atoms with E-state index in [9.17, 15) is 4.39 Å². The van der Waals surface area contributed by atoms with Crippen LogP contribution >= 0.6 is 15.9 Å². The molecule has 2 heterocycles. The molecule has 2 aromatic heterocycles. The Morgan fingerprint density at radius 1 is 0.781 bits per heavy atom. The van der Waals surface area contributed by atoms with Gasteiger partial charge in [0.25, 0.3) is 0 Å². The maximum atomic E-state index is 13.6. The highest BCUT2D eigenvalue weighted by molar-refractivity contribution is 9.10. The van der Waals surface area contributed by atoms with Crippen LogP contribution in [-0.2, 0) is 0 Å². The molecule has 0 aliphatic carbocycles. The summed E-state index contributed by atoms with van der Waals surface area (Å²) < 4.78 is 16.3. The highest BCUT2D eigenvalue weighted by atomic mass is 79.9. The molecule has 5 nitrogen and oxygen atoms in total. The molecule has 5 aromatic rings. The molecule has 2 N–H and O–H groups in total. The van der Waals surface area contributed by atoms with Gasteiger partial charge >= 0.3 is 0 Å². The van der Waals surface area contributed by atoms with Gasteiger partial charge < -0.3 is 5.73 Å². The fraction of sp³-hybridized carbons (Fsp3) is 0. The van der Waals surface area contributed by atoms with Crippen molar-refractivity contribution in [2.75, 3.05) is 5.73 Å². The van der Waals surface area contributed by atoms with Gasteiger partial charge in [-0.15, -0.1) is 0 Å². The lowest BCUT2D eigenvalue weighted by molar-refractivity contribution is 0.628. The fourth-order valence-electron chi connectivity index (χ4n) is 3.47. The predicted octanol–water partition coefficient (Wildman–Crippen LogP) is 6.15. The van der Waals surface area contributed by atoms with Gasteiger partial charge in [0.05, 0.1) is 17.1 Å². The zero-order valence-corrected chi connectivity index (χ0v) is 18.4. The molecular formula is C25H17BrFN5.